The van der Waals surface area contributed by atoms with Gasteiger partial charge < -0.3 is 15.2 Å². The molecule has 1 aromatic rings. The van der Waals surface area contributed by atoms with E-state index in [1.165, 1.54) is 0 Å². The Morgan fingerprint density at radius 3 is 2.59 bits per heavy atom. The molecule has 0 saturated carbocycles. The van der Waals surface area contributed by atoms with Crippen molar-refractivity contribution in [2.45, 2.75) is 32.8 Å². The van der Waals surface area contributed by atoms with Crippen LogP contribution in [-0.2, 0) is 4.79 Å². The molecule has 0 bridgehead atoms. The van der Waals surface area contributed by atoms with Crippen LogP contribution in [0.25, 0.3) is 0 Å². The molecule has 0 aliphatic carbocycles. The summed E-state index contributed by atoms with van der Waals surface area (Å²) in [7, 11) is 0. The van der Waals surface area contributed by atoms with E-state index in [-0.39, 0.29) is 12.0 Å². The maximum atomic E-state index is 11.9. The smallest absolute Gasteiger partial charge is 0.234 e. The summed E-state index contributed by atoms with van der Waals surface area (Å²) in [5.41, 5.74) is 2.22. The van der Waals surface area contributed by atoms with Crippen LogP contribution in [0.1, 0.15) is 24.0 Å². The first-order valence-electron chi connectivity index (χ1n) is 7.92. The van der Waals surface area contributed by atoms with E-state index < -0.39 is 0 Å². The summed E-state index contributed by atoms with van der Waals surface area (Å²) in [5, 5.41) is 12.3. The van der Waals surface area contributed by atoms with Crippen LogP contribution in [0.3, 0.4) is 0 Å². The number of carbonyl (C=O) groups excluding carboxylic acids is 1. The molecule has 1 aliphatic heterocycles. The van der Waals surface area contributed by atoms with Crippen molar-refractivity contribution in [1.82, 2.24) is 10.2 Å². The Bertz CT molecular complexity index is 476. The van der Waals surface area contributed by atoms with Gasteiger partial charge in [0.05, 0.1) is 19.2 Å². The Hall–Kier alpha value is -1.59. The summed E-state index contributed by atoms with van der Waals surface area (Å²) in [6.45, 7) is 6.98. The van der Waals surface area contributed by atoms with Crippen LogP contribution in [0.2, 0.25) is 0 Å². The number of piperidine rings is 1. The zero-order valence-corrected chi connectivity index (χ0v) is 13.5. The van der Waals surface area contributed by atoms with E-state index in [1.807, 2.05) is 32.0 Å². The third-order valence-electron chi connectivity index (χ3n) is 4.00. The summed E-state index contributed by atoms with van der Waals surface area (Å²) in [6.07, 6.45) is 1.30. The van der Waals surface area contributed by atoms with Gasteiger partial charge >= 0.3 is 0 Å². The molecule has 0 aromatic heterocycles. The number of aryl methyl sites for hydroxylation is 2. The largest absolute Gasteiger partial charge is 0.491 e. The van der Waals surface area contributed by atoms with E-state index in [1.54, 1.807) is 0 Å². The van der Waals surface area contributed by atoms with E-state index >= 15 is 0 Å². The Morgan fingerprint density at radius 2 is 1.95 bits per heavy atom. The van der Waals surface area contributed by atoms with Gasteiger partial charge in [0, 0.05) is 13.1 Å². The van der Waals surface area contributed by atoms with Crippen molar-refractivity contribution in [3.63, 3.8) is 0 Å². The van der Waals surface area contributed by atoms with Crippen molar-refractivity contribution < 1.29 is 14.6 Å². The molecule has 1 fully saturated rings. The van der Waals surface area contributed by atoms with Gasteiger partial charge in [-0.2, -0.15) is 0 Å². The number of aliphatic hydroxyl groups excluding tert-OH is 1. The van der Waals surface area contributed by atoms with Crippen LogP contribution >= 0.6 is 0 Å². The molecule has 1 aromatic carbocycles. The van der Waals surface area contributed by atoms with Crippen molar-refractivity contribution >= 4 is 5.91 Å². The molecule has 1 aliphatic rings. The highest BCUT2D eigenvalue weighted by atomic mass is 16.5. The summed E-state index contributed by atoms with van der Waals surface area (Å²) in [4.78, 5) is 13.9. The SMILES string of the molecule is Cc1cccc(C)c1OCCNC(=O)CN1CCC(O)CC1. The molecule has 22 heavy (non-hydrogen) atoms. The van der Waals surface area contributed by atoms with Crippen molar-refractivity contribution in [3.05, 3.63) is 29.3 Å². The lowest BCUT2D eigenvalue weighted by Crippen LogP contribution is -2.43. The van der Waals surface area contributed by atoms with Gasteiger partial charge in [-0.3, -0.25) is 9.69 Å². The molecule has 122 valence electrons. The molecule has 0 unspecified atom stereocenters. The number of hydrogen-bond acceptors (Lipinski definition) is 4. The fourth-order valence-electron chi connectivity index (χ4n) is 2.71. The molecule has 1 saturated heterocycles. The van der Waals surface area contributed by atoms with Gasteiger partial charge in [0.2, 0.25) is 5.91 Å². The predicted molar refractivity (Wildman–Crippen MR) is 86.1 cm³/mol. The fraction of sp³-hybridized carbons (Fsp3) is 0.588. The second kappa shape index (κ2) is 8.15. The molecule has 0 atom stereocenters. The highest BCUT2D eigenvalue weighted by molar-refractivity contribution is 5.78. The lowest BCUT2D eigenvalue weighted by atomic mass is 10.1. The predicted octanol–water partition coefficient (Wildman–Crippen LogP) is 1.26. The second-order valence-corrected chi connectivity index (χ2v) is 5.93. The number of ether oxygens (including phenoxy) is 1. The van der Waals surface area contributed by atoms with E-state index in [2.05, 4.69) is 10.2 Å². The number of likely N-dealkylation sites (tertiary alicyclic amines) is 1. The number of nitrogens with zero attached hydrogens (tertiary/aromatic N) is 1. The Morgan fingerprint density at radius 1 is 1.32 bits per heavy atom. The molecule has 5 heteroatoms. The minimum absolute atomic E-state index is 0.0153. The van der Waals surface area contributed by atoms with E-state index in [0.29, 0.717) is 19.7 Å². The highest BCUT2D eigenvalue weighted by Crippen LogP contribution is 2.21. The Kier molecular flexibility index (Phi) is 6.21. The number of carbonyl (C=O) groups is 1. The molecule has 0 radical (unpaired) electrons. The minimum Gasteiger partial charge on any atom is -0.491 e. The van der Waals surface area contributed by atoms with Gasteiger partial charge in [-0.25, -0.2) is 0 Å². The lowest BCUT2D eigenvalue weighted by Gasteiger charge is -2.28. The van der Waals surface area contributed by atoms with Crippen LogP contribution in [0.5, 0.6) is 5.75 Å². The lowest BCUT2D eigenvalue weighted by molar-refractivity contribution is -0.122. The second-order valence-electron chi connectivity index (χ2n) is 5.93. The molecule has 0 spiro atoms. The Labute approximate surface area is 132 Å². The van der Waals surface area contributed by atoms with E-state index in [4.69, 9.17) is 4.74 Å². The monoisotopic (exact) mass is 306 g/mol. The number of para-hydroxylation sites is 1. The van der Waals surface area contributed by atoms with Gasteiger partial charge in [-0.15, -0.1) is 0 Å². The van der Waals surface area contributed by atoms with Crippen LogP contribution in [0.4, 0.5) is 0 Å². The molecule has 2 rings (SSSR count). The third-order valence-corrected chi connectivity index (χ3v) is 4.00. The maximum absolute atomic E-state index is 11.9. The van der Waals surface area contributed by atoms with Gasteiger partial charge in [-0.05, 0) is 37.8 Å². The summed E-state index contributed by atoms with van der Waals surface area (Å²) in [5.74, 6) is 0.920. The number of aliphatic hydroxyl groups is 1. The number of amides is 1. The summed E-state index contributed by atoms with van der Waals surface area (Å²) in [6, 6.07) is 6.05. The van der Waals surface area contributed by atoms with Gasteiger partial charge in [0.25, 0.3) is 0 Å². The third kappa shape index (κ3) is 5.00. The van der Waals surface area contributed by atoms with Crippen molar-refractivity contribution in [3.8, 4) is 5.75 Å². The topological polar surface area (TPSA) is 61.8 Å². The minimum atomic E-state index is -0.204. The van der Waals surface area contributed by atoms with Crippen molar-refractivity contribution in [2.24, 2.45) is 0 Å². The molecule has 5 nitrogen and oxygen atoms in total. The average Bonchev–Trinajstić information content (AvgIpc) is 2.48. The zero-order chi connectivity index (χ0) is 15.9. The quantitative estimate of drug-likeness (QED) is 0.777. The number of nitrogens with one attached hydrogen (secondary N) is 1. The normalized spacial score (nSPS) is 16.5. The number of rotatable bonds is 6. The first-order chi connectivity index (χ1) is 10.6. The van der Waals surface area contributed by atoms with Crippen LogP contribution in [0, 0.1) is 13.8 Å². The van der Waals surface area contributed by atoms with E-state index in [9.17, 15) is 9.90 Å². The maximum Gasteiger partial charge on any atom is 0.234 e. The number of benzene rings is 1. The van der Waals surface area contributed by atoms with Gasteiger partial charge in [0.15, 0.2) is 0 Å². The van der Waals surface area contributed by atoms with Gasteiger partial charge in [-0.1, -0.05) is 18.2 Å². The Balaban J connectivity index is 1.65. The molecule has 1 amide bonds. The molecular weight excluding hydrogens is 280 g/mol. The highest BCUT2D eigenvalue weighted by Gasteiger charge is 2.18. The van der Waals surface area contributed by atoms with Crippen LogP contribution in [-0.4, -0.2) is 54.8 Å². The van der Waals surface area contributed by atoms with E-state index in [0.717, 1.165) is 42.8 Å². The molecule has 2 N–H and O–H groups in total. The fourth-order valence-corrected chi connectivity index (χ4v) is 2.71. The average molecular weight is 306 g/mol. The molecule has 1 heterocycles. The van der Waals surface area contributed by atoms with Crippen molar-refractivity contribution in [2.75, 3.05) is 32.8 Å². The zero-order valence-electron chi connectivity index (χ0n) is 13.5. The first-order valence-corrected chi connectivity index (χ1v) is 7.92. The summed E-state index contributed by atoms with van der Waals surface area (Å²) < 4.78 is 5.76. The summed E-state index contributed by atoms with van der Waals surface area (Å²) >= 11 is 0. The first kappa shape index (κ1) is 16.8. The van der Waals surface area contributed by atoms with Gasteiger partial charge in [0.1, 0.15) is 12.4 Å². The molecular formula is C17H26N2O3. The van der Waals surface area contributed by atoms with Crippen LogP contribution < -0.4 is 10.1 Å². The standard InChI is InChI=1S/C17H26N2O3/c1-13-4-3-5-14(2)17(13)22-11-8-18-16(21)12-19-9-6-15(20)7-10-19/h3-5,15,20H,6-12H2,1-2H3,(H,18,21). The number of hydrogen-bond donors (Lipinski definition) is 2. The van der Waals surface area contributed by atoms with Crippen LogP contribution in [0.15, 0.2) is 18.2 Å². The van der Waals surface area contributed by atoms with Crippen molar-refractivity contribution in [1.29, 1.82) is 0 Å².